The van der Waals surface area contributed by atoms with Crippen LogP contribution in [0.25, 0.3) is 0 Å². The van der Waals surface area contributed by atoms with E-state index in [0.717, 1.165) is 5.56 Å². The van der Waals surface area contributed by atoms with Gasteiger partial charge < -0.3 is 9.64 Å². The minimum atomic E-state index is -3.83. The summed E-state index contributed by atoms with van der Waals surface area (Å²) < 4.78 is 34.2. The number of benzene rings is 2. The molecule has 2 atom stereocenters. The fraction of sp³-hybridized carbons (Fsp3) is 0.435. The summed E-state index contributed by atoms with van der Waals surface area (Å²) in [6.07, 6.45) is -0.134. The van der Waals surface area contributed by atoms with Gasteiger partial charge in [-0.2, -0.15) is 0 Å². The first-order valence-electron chi connectivity index (χ1n) is 10.1. The number of carbonyl (C=O) groups excluding carboxylic acids is 1. The van der Waals surface area contributed by atoms with Crippen molar-refractivity contribution in [3.8, 4) is 0 Å². The minimum Gasteiger partial charge on any atom is -0.372 e. The normalized spacial score (nSPS) is 20.1. The van der Waals surface area contributed by atoms with Gasteiger partial charge in [-0.1, -0.05) is 45.0 Å². The number of morpholine rings is 1. The van der Waals surface area contributed by atoms with E-state index in [1.165, 1.54) is 0 Å². The second-order valence-corrected chi connectivity index (χ2v) is 10.6. The zero-order valence-electron chi connectivity index (χ0n) is 18.2. The molecule has 1 saturated heterocycles. The third-order valence-corrected chi connectivity index (χ3v) is 6.52. The SMILES string of the molecule is CC1CN(C(=O)c2ccccc2NS(=O)(=O)c2ccc(C(C)(C)C)cc2)CC(C)O1. The Hall–Kier alpha value is -2.38. The molecule has 6 nitrogen and oxygen atoms in total. The fourth-order valence-electron chi connectivity index (χ4n) is 3.61. The van der Waals surface area contributed by atoms with E-state index in [2.05, 4.69) is 25.5 Å². The Morgan fingerprint density at radius 2 is 1.57 bits per heavy atom. The number of anilines is 1. The van der Waals surface area contributed by atoms with Gasteiger partial charge in [-0.3, -0.25) is 9.52 Å². The summed E-state index contributed by atoms with van der Waals surface area (Å²) in [5.74, 6) is -0.210. The lowest BCUT2D eigenvalue weighted by atomic mass is 9.87. The number of rotatable bonds is 4. The molecule has 30 heavy (non-hydrogen) atoms. The molecule has 1 aliphatic heterocycles. The predicted molar refractivity (Wildman–Crippen MR) is 118 cm³/mol. The van der Waals surface area contributed by atoms with Crippen LogP contribution in [0.1, 0.15) is 50.5 Å². The number of nitrogens with one attached hydrogen (secondary N) is 1. The molecule has 1 fully saturated rings. The van der Waals surface area contributed by atoms with Gasteiger partial charge in [0, 0.05) is 13.1 Å². The zero-order chi connectivity index (χ0) is 22.1. The van der Waals surface area contributed by atoms with Crippen molar-refractivity contribution in [3.05, 3.63) is 59.7 Å². The van der Waals surface area contributed by atoms with Gasteiger partial charge in [0.2, 0.25) is 0 Å². The van der Waals surface area contributed by atoms with Gasteiger partial charge in [0.1, 0.15) is 0 Å². The first-order chi connectivity index (χ1) is 14.0. The Balaban J connectivity index is 1.86. The highest BCUT2D eigenvalue weighted by Crippen LogP contribution is 2.26. The van der Waals surface area contributed by atoms with Crippen LogP contribution in [-0.4, -0.2) is 44.5 Å². The maximum absolute atomic E-state index is 13.1. The highest BCUT2D eigenvalue weighted by molar-refractivity contribution is 7.92. The minimum absolute atomic E-state index is 0.0668. The lowest BCUT2D eigenvalue weighted by Gasteiger charge is -2.35. The van der Waals surface area contributed by atoms with E-state index in [1.807, 2.05) is 26.0 Å². The zero-order valence-corrected chi connectivity index (χ0v) is 19.0. The van der Waals surface area contributed by atoms with Crippen molar-refractivity contribution < 1.29 is 17.9 Å². The van der Waals surface area contributed by atoms with Gasteiger partial charge in [-0.05, 0) is 49.1 Å². The van der Waals surface area contributed by atoms with E-state index in [1.54, 1.807) is 41.3 Å². The molecule has 3 rings (SSSR count). The van der Waals surface area contributed by atoms with Gasteiger partial charge >= 0.3 is 0 Å². The number of hydrogen-bond acceptors (Lipinski definition) is 4. The highest BCUT2D eigenvalue weighted by Gasteiger charge is 2.28. The van der Waals surface area contributed by atoms with Crippen LogP contribution in [-0.2, 0) is 20.2 Å². The Labute approximate surface area is 179 Å². The molecule has 0 aromatic heterocycles. The molecule has 162 valence electrons. The van der Waals surface area contributed by atoms with E-state index < -0.39 is 10.0 Å². The molecule has 1 N–H and O–H groups in total. The van der Waals surface area contributed by atoms with E-state index in [0.29, 0.717) is 18.7 Å². The first kappa shape index (κ1) is 22.3. The van der Waals surface area contributed by atoms with Crippen LogP contribution < -0.4 is 4.72 Å². The topological polar surface area (TPSA) is 75.7 Å². The standard InChI is InChI=1S/C23H30N2O4S/c1-16-14-25(15-17(2)29-16)22(26)20-8-6-7-9-21(20)24-30(27,28)19-12-10-18(11-13-19)23(3,4)5/h6-13,16-17,24H,14-15H2,1-5H3. The van der Waals surface area contributed by atoms with Crippen LogP contribution in [0.3, 0.4) is 0 Å². The second-order valence-electron chi connectivity index (χ2n) is 8.89. The summed E-state index contributed by atoms with van der Waals surface area (Å²) in [5.41, 5.74) is 1.58. The van der Waals surface area contributed by atoms with E-state index in [9.17, 15) is 13.2 Å². The quantitative estimate of drug-likeness (QED) is 0.794. The van der Waals surface area contributed by atoms with Crippen molar-refractivity contribution in [3.63, 3.8) is 0 Å². The number of nitrogens with zero attached hydrogens (tertiary/aromatic N) is 1. The molecule has 0 bridgehead atoms. The third kappa shape index (κ3) is 5.02. The second kappa shape index (κ2) is 8.40. The number of hydrogen-bond donors (Lipinski definition) is 1. The van der Waals surface area contributed by atoms with Crippen molar-refractivity contribution >= 4 is 21.6 Å². The Bertz CT molecular complexity index is 1000. The Kier molecular flexibility index (Phi) is 6.24. The molecule has 0 aliphatic carbocycles. The van der Waals surface area contributed by atoms with Crippen molar-refractivity contribution in [1.29, 1.82) is 0 Å². The smallest absolute Gasteiger partial charge is 0.261 e. The predicted octanol–water partition coefficient (Wildman–Crippen LogP) is 4.03. The highest BCUT2D eigenvalue weighted by atomic mass is 32.2. The van der Waals surface area contributed by atoms with Crippen LogP contribution in [0.5, 0.6) is 0 Å². The fourth-order valence-corrected chi connectivity index (χ4v) is 4.69. The Morgan fingerprint density at radius 1 is 1.00 bits per heavy atom. The number of ether oxygens (including phenoxy) is 1. The average Bonchev–Trinajstić information content (AvgIpc) is 2.66. The molecular weight excluding hydrogens is 400 g/mol. The largest absolute Gasteiger partial charge is 0.372 e. The van der Waals surface area contributed by atoms with Gasteiger partial charge in [0.25, 0.3) is 15.9 Å². The molecule has 1 aliphatic rings. The van der Waals surface area contributed by atoms with Crippen molar-refractivity contribution in [1.82, 2.24) is 4.90 Å². The van der Waals surface area contributed by atoms with Gasteiger partial charge in [0.05, 0.1) is 28.4 Å². The molecule has 2 unspecified atom stereocenters. The van der Waals surface area contributed by atoms with Crippen LogP contribution in [0.2, 0.25) is 0 Å². The molecule has 1 heterocycles. The monoisotopic (exact) mass is 430 g/mol. The summed E-state index contributed by atoms with van der Waals surface area (Å²) >= 11 is 0. The van der Waals surface area contributed by atoms with E-state index in [4.69, 9.17) is 4.74 Å². The summed E-state index contributed by atoms with van der Waals surface area (Å²) in [6.45, 7) is 11.0. The Morgan fingerprint density at radius 3 is 2.13 bits per heavy atom. The van der Waals surface area contributed by atoms with Crippen LogP contribution in [0, 0.1) is 0 Å². The molecule has 1 amide bonds. The van der Waals surface area contributed by atoms with Crippen LogP contribution in [0.4, 0.5) is 5.69 Å². The molecule has 0 saturated carbocycles. The van der Waals surface area contributed by atoms with Crippen molar-refractivity contribution in [2.75, 3.05) is 17.8 Å². The van der Waals surface area contributed by atoms with Gasteiger partial charge in [-0.15, -0.1) is 0 Å². The van der Waals surface area contributed by atoms with E-state index in [-0.39, 0.29) is 34.1 Å². The summed E-state index contributed by atoms with van der Waals surface area (Å²) in [7, 11) is -3.83. The molecule has 2 aromatic rings. The third-order valence-electron chi connectivity index (χ3n) is 5.14. The molecule has 2 aromatic carbocycles. The molecule has 7 heteroatoms. The van der Waals surface area contributed by atoms with Crippen LogP contribution >= 0.6 is 0 Å². The number of carbonyl (C=O) groups is 1. The maximum Gasteiger partial charge on any atom is 0.261 e. The maximum atomic E-state index is 13.1. The first-order valence-corrected chi connectivity index (χ1v) is 11.6. The molecule has 0 radical (unpaired) electrons. The number of sulfonamides is 1. The molecule has 0 spiro atoms. The van der Waals surface area contributed by atoms with Crippen molar-refractivity contribution in [2.45, 2.75) is 57.1 Å². The molecular formula is C23H30N2O4S. The summed E-state index contributed by atoms with van der Waals surface area (Å²) in [6, 6.07) is 13.5. The van der Waals surface area contributed by atoms with Crippen molar-refractivity contribution in [2.24, 2.45) is 0 Å². The summed E-state index contributed by atoms with van der Waals surface area (Å²) in [4.78, 5) is 15.0. The average molecular weight is 431 g/mol. The lowest BCUT2D eigenvalue weighted by molar-refractivity contribution is -0.0585. The lowest BCUT2D eigenvalue weighted by Crippen LogP contribution is -2.48. The van der Waals surface area contributed by atoms with Crippen LogP contribution in [0.15, 0.2) is 53.4 Å². The van der Waals surface area contributed by atoms with E-state index >= 15 is 0 Å². The summed E-state index contributed by atoms with van der Waals surface area (Å²) in [5, 5.41) is 0. The number of para-hydroxylation sites is 1. The van der Waals surface area contributed by atoms with Gasteiger partial charge in [-0.25, -0.2) is 8.42 Å². The number of amides is 1. The van der Waals surface area contributed by atoms with Gasteiger partial charge in [0.15, 0.2) is 0 Å².